The molecule has 1 amide bonds. The van der Waals surface area contributed by atoms with Gasteiger partial charge in [0, 0.05) is 11.3 Å². The summed E-state index contributed by atoms with van der Waals surface area (Å²) in [4.78, 5) is 28.7. The van der Waals surface area contributed by atoms with Crippen LogP contribution < -0.4 is 19.1 Å². The standard InChI is InChI=1S/C33H31N3O6S2/c1-2-3-7-15-40-24-12-8-11-22(18-24)28-27(29(37)23-13-14-25-26(19-23)42-17-16-41-25)30(38)31(39)36(28)32-34-35-33(44-32)43-20-21-9-5-4-6-10-21/h4-6,8-14,18-19,28,37H,2-3,7,15-17,20H2,1H3/b29-27-. The number of fused-ring (bicyclic) bond motifs is 1. The second-order valence-corrected chi connectivity index (χ2v) is 12.5. The van der Waals surface area contributed by atoms with Gasteiger partial charge in [-0.1, -0.05) is 85.3 Å². The molecule has 3 aromatic carbocycles. The fourth-order valence-electron chi connectivity index (χ4n) is 5.09. The van der Waals surface area contributed by atoms with Gasteiger partial charge in [-0.05, 0) is 47.9 Å². The third-order valence-corrected chi connectivity index (χ3v) is 9.38. The number of anilines is 1. The monoisotopic (exact) mass is 629 g/mol. The van der Waals surface area contributed by atoms with Gasteiger partial charge in [0.2, 0.25) is 5.13 Å². The van der Waals surface area contributed by atoms with Gasteiger partial charge < -0.3 is 19.3 Å². The maximum absolute atomic E-state index is 13.7. The molecule has 2 aliphatic rings. The minimum absolute atomic E-state index is 0.0523. The number of rotatable bonds is 11. The molecule has 44 heavy (non-hydrogen) atoms. The van der Waals surface area contributed by atoms with Crippen molar-refractivity contribution in [1.82, 2.24) is 10.2 Å². The zero-order chi connectivity index (χ0) is 30.5. The molecule has 9 nitrogen and oxygen atoms in total. The first-order valence-corrected chi connectivity index (χ1v) is 16.3. The quantitative estimate of drug-likeness (QED) is 0.0478. The summed E-state index contributed by atoms with van der Waals surface area (Å²) in [5, 5.41) is 20.5. The molecule has 0 saturated carbocycles. The Kier molecular flexibility index (Phi) is 9.13. The molecule has 4 aromatic rings. The number of carbonyl (C=O) groups is 2. The minimum Gasteiger partial charge on any atom is -0.507 e. The summed E-state index contributed by atoms with van der Waals surface area (Å²) in [5.74, 6) is 0.374. The molecule has 2 aliphatic heterocycles. The third kappa shape index (κ3) is 6.29. The van der Waals surface area contributed by atoms with Gasteiger partial charge in [0.15, 0.2) is 15.8 Å². The van der Waals surface area contributed by atoms with E-state index < -0.39 is 17.7 Å². The normalized spacial score (nSPS) is 17.2. The Hall–Kier alpha value is -4.35. The number of hydrogen-bond acceptors (Lipinski definition) is 10. The first kappa shape index (κ1) is 29.7. The van der Waals surface area contributed by atoms with Crippen LogP contribution in [0, 0.1) is 0 Å². The van der Waals surface area contributed by atoms with Gasteiger partial charge in [-0.2, -0.15) is 0 Å². The Bertz CT molecular complexity index is 1690. The predicted octanol–water partition coefficient (Wildman–Crippen LogP) is 6.80. The van der Waals surface area contributed by atoms with Crippen LogP contribution in [0.4, 0.5) is 5.13 Å². The number of aromatic nitrogens is 2. The third-order valence-electron chi connectivity index (χ3n) is 7.26. The van der Waals surface area contributed by atoms with E-state index in [0.717, 1.165) is 24.8 Å². The molecule has 1 atom stereocenters. The largest absolute Gasteiger partial charge is 0.507 e. The van der Waals surface area contributed by atoms with Crippen molar-refractivity contribution in [1.29, 1.82) is 0 Å². The summed E-state index contributed by atoms with van der Waals surface area (Å²) in [5.41, 5.74) is 2.01. The molecule has 1 unspecified atom stereocenters. The average molecular weight is 630 g/mol. The topological polar surface area (TPSA) is 111 Å². The molecular weight excluding hydrogens is 599 g/mol. The molecule has 1 aromatic heterocycles. The Morgan fingerprint density at radius 1 is 1.00 bits per heavy atom. The van der Waals surface area contributed by atoms with Gasteiger partial charge in [-0.25, -0.2) is 0 Å². The van der Waals surface area contributed by atoms with Gasteiger partial charge in [-0.15, -0.1) is 10.2 Å². The highest BCUT2D eigenvalue weighted by atomic mass is 32.2. The summed E-state index contributed by atoms with van der Waals surface area (Å²) >= 11 is 2.73. The van der Waals surface area contributed by atoms with Crippen LogP contribution in [-0.4, -0.2) is 46.8 Å². The summed E-state index contributed by atoms with van der Waals surface area (Å²) < 4.78 is 18.0. The van der Waals surface area contributed by atoms with Crippen LogP contribution in [0.25, 0.3) is 5.76 Å². The molecular formula is C33H31N3O6S2. The molecule has 0 aliphatic carbocycles. The lowest BCUT2D eigenvalue weighted by molar-refractivity contribution is -0.132. The van der Waals surface area contributed by atoms with Crippen molar-refractivity contribution in [2.45, 2.75) is 42.3 Å². The molecule has 3 heterocycles. The highest BCUT2D eigenvalue weighted by Crippen LogP contribution is 2.45. The Morgan fingerprint density at radius 3 is 2.64 bits per heavy atom. The first-order chi connectivity index (χ1) is 21.5. The van der Waals surface area contributed by atoms with Gasteiger partial charge >= 0.3 is 5.91 Å². The fraction of sp³-hybridized carbons (Fsp3) is 0.273. The van der Waals surface area contributed by atoms with E-state index >= 15 is 0 Å². The zero-order valence-corrected chi connectivity index (χ0v) is 25.7. The summed E-state index contributed by atoms with van der Waals surface area (Å²) in [7, 11) is 0. The van der Waals surface area contributed by atoms with Gasteiger partial charge in [0.25, 0.3) is 5.78 Å². The predicted molar refractivity (Wildman–Crippen MR) is 170 cm³/mol. The summed E-state index contributed by atoms with van der Waals surface area (Å²) in [6, 6.07) is 21.2. The molecule has 6 rings (SSSR count). The maximum Gasteiger partial charge on any atom is 0.301 e. The molecule has 1 fully saturated rings. The number of nitrogens with zero attached hydrogens (tertiary/aromatic N) is 3. The van der Waals surface area contributed by atoms with Crippen LogP contribution in [0.3, 0.4) is 0 Å². The van der Waals surface area contributed by atoms with Crippen molar-refractivity contribution in [3.8, 4) is 17.2 Å². The number of hydrogen-bond donors (Lipinski definition) is 1. The summed E-state index contributed by atoms with van der Waals surface area (Å²) in [6.07, 6.45) is 3.04. The second kappa shape index (κ2) is 13.5. The minimum atomic E-state index is -0.956. The molecule has 1 saturated heterocycles. The van der Waals surface area contributed by atoms with E-state index in [0.29, 0.717) is 58.3 Å². The lowest BCUT2D eigenvalue weighted by atomic mass is 9.95. The van der Waals surface area contributed by atoms with E-state index in [1.54, 1.807) is 24.3 Å². The van der Waals surface area contributed by atoms with E-state index in [4.69, 9.17) is 14.2 Å². The van der Waals surface area contributed by atoms with Crippen LogP contribution in [0.5, 0.6) is 17.2 Å². The first-order valence-electron chi connectivity index (χ1n) is 14.5. The van der Waals surface area contributed by atoms with Crippen LogP contribution in [0.2, 0.25) is 0 Å². The van der Waals surface area contributed by atoms with E-state index in [9.17, 15) is 14.7 Å². The smallest absolute Gasteiger partial charge is 0.301 e. The number of unbranched alkanes of at least 4 members (excludes halogenated alkanes) is 2. The van der Waals surface area contributed by atoms with E-state index in [1.165, 1.54) is 28.0 Å². The number of amides is 1. The molecule has 0 spiro atoms. The van der Waals surface area contributed by atoms with Gasteiger partial charge in [0.05, 0.1) is 18.2 Å². The second-order valence-electron chi connectivity index (χ2n) is 10.3. The van der Waals surface area contributed by atoms with E-state index in [-0.39, 0.29) is 16.5 Å². The van der Waals surface area contributed by atoms with Crippen molar-refractivity contribution >= 4 is 45.7 Å². The van der Waals surface area contributed by atoms with E-state index in [1.807, 2.05) is 48.5 Å². The number of carbonyl (C=O) groups excluding carboxylic acids is 2. The lowest BCUT2D eigenvalue weighted by Crippen LogP contribution is -2.29. The van der Waals surface area contributed by atoms with Crippen molar-refractivity contribution in [3.05, 3.63) is 95.1 Å². The molecule has 0 radical (unpaired) electrons. The number of ketones is 1. The highest BCUT2D eigenvalue weighted by molar-refractivity contribution is 8.00. The number of benzene rings is 3. The SMILES string of the molecule is CCCCCOc1cccc(C2/C(=C(/O)c3ccc4c(c3)OCCO4)C(=O)C(=O)N2c2nnc(SCc3ccccc3)s2)c1. The van der Waals surface area contributed by atoms with Crippen LogP contribution in [0.1, 0.15) is 48.9 Å². The van der Waals surface area contributed by atoms with Gasteiger partial charge in [0.1, 0.15) is 24.7 Å². The molecule has 226 valence electrons. The molecule has 1 N–H and O–H groups in total. The van der Waals surface area contributed by atoms with Crippen LogP contribution in [-0.2, 0) is 15.3 Å². The number of Topliss-reactive ketones (excluding diaryl/α,β-unsaturated/α-hetero) is 1. The maximum atomic E-state index is 13.7. The van der Waals surface area contributed by atoms with Crippen molar-refractivity contribution in [3.63, 3.8) is 0 Å². The molecule has 0 bridgehead atoms. The number of aliphatic hydroxyl groups excluding tert-OH is 1. The lowest BCUT2D eigenvalue weighted by Gasteiger charge is -2.23. The Labute approximate surface area is 263 Å². The van der Waals surface area contributed by atoms with Crippen molar-refractivity contribution < 1.29 is 28.9 Å². The Balaban J connectivity index is 1.38. The summed E-state index contributed by atoms with van der Waals surface area (Å²) in [6.45, 7) is 3.47. The van der Waals surface area contributed by atoms with Crippen LogP contribution in [0.15, 0.2) is 82.7 Å². The number of aliphatic hydroxyl groups is 1. The average Bonchev–Trinajstić information content (AvgIpc) is 3.63. The number of thioether (sulfide) groups is 1. The number of ether oxygens (including phenoxy) is 3. The fourth-order valence-corrected chi connectivity index (χ4v) is 6.91. The molecule has 11 heteroatoms. The van der Waals surface area contributed by atoms with E-state index in [2.05, 4.69) is 17.1 Å². The van der Waals surface area contributed by atoms with Crippen molar-refractivity contribution in [2.75, 3.05) is 24.7 Å². The Morgan fingerprint density at radius 2 is 1.82 bits per heavy atom. The highest BCUT2D eigenvalue weighted by Gasteiger charge is 2.48. The zero-order valence-electron chi connectivity index (χ0n) is 24.1. The van der Waals surface area contributed by atoms with Crippen LogP contribution >= 0.6 is 23.1 Å². The van der Waals surface area contributed by atoms with Gasteiger partial charge in [-0.3, -0.25) is 14.5 Å². The van der Waals surface area contributed by atoms with Crippen molar-refractivity contribution in [2.24, 2.45) is 0 Å².